The Morgan fingerprint density at radius 2 is 1.69 bits per heavy atom. The number of sulfone groups is 1. The molecule has 0 atom stereocenters. The molecule has 6 heteroatoms. The fourth-order valence-corrected chi connectivity index (χ4v) is 2.50. The number of nitrogens with zero attached hydrogens (tertiary/aromatic N) is 1. The number of benzene rings is 1. The van der Waals surface area contributed by atoms with Crippen LogP contribution in [0.5, 0.6) is 0 Å². The van der Waals surface area contributed by atoms with E-state index in [1.165, 1.54) is 45.0 Å². The minimum absolute atomic E-state index is 0.229. The van der Waals surface area contributed by atoms with Gasteiger partial charge in [0.2, 0.25) is 0 Å². The summed E-state index contributed by atoms with van der Waals surface area (Å²) in [6, 6.07) is 5.38. The molecular weight excluding hydrogens is 230 g/mol. The minimum Gasteiger partial charge on any atom is -0.258 e. The molecule has 0 aliphatic carbocycles. The lowest BCUT2D eigenvalue weighted by atomic mass is 10.3. The van der Waals surface area contributed by atoms with Crippen molar-refractivity contribution >= 4 is 15.5 Å². The molecule has 0 N–H and O–H groups in total. The first kappa shape index (κ1) is 12.6. The summed E-state index contributed by atoms with van der Waals surface area (Å²) in [7, 11) is -3.69. The molecule has 0 spiro atoms. The van der Waals surface area contributed by atoms with Crippen molar-refractivity contribution in [2.24, 2.45) is 0 Å². The molecule has 1 aromatic carbocycles. The molecule has 0 fully saturated rings. The summed E-state index contributed by atoms with van der Waals surface area (Å²) in [4.78, 5) is 9.83. The predicted molar refractivity (Wildman–Crippen MR) is 60.0 cm³/mol. The van der Waals surface area contributed by atoms with E-state index in [0.717, 1.165) is 0 Å². The van der Waals surface area contributed by atoms with Crippen LogP contribution in [0.15, 0.2) is 29.2 Å². The van der Waals surface area contributed by atoms with Crippen LogP contribution in [-0.4, -0.2) is 18.1 Å². The van der Waals surface area contributed by atoms with Gasteiger partial charge in [-0.1, -0.05) is 12.1 Å². The van der Waals surface area contributed by atoms with Crippen LogP contribution in [0, 0.1) is 10.1 Å². The quantitative estimate of drug-likeness (QED) is 0.589. The molecular formula is C10H13NO4S. The Labute approximate surface area is 94.2 Å². The van der Waals surface area contributed by atoms with Gasteiger partial charge in [-0.3, -0.25) is 10.1 Å². The maximum Gasteiger partial charge on any atom is 0.287 e. The van der Waals surface area contributed by atoms with Gasteiger partial charge < -0.3 is 0 Å². The third-order valence-corrected chi connectivity index (χ3v) is 4.69. The first-order valence-electron chi connectivity index (χ1n) is 4.66. The van der Waals surface area contributed by atoms with Gasteiger partial charge in [0.25, 0.3) is 5.69 Å². The lowest BCUT2D eigenvalue weighted by molar-refractivity contribution is -0.387. The fraction of sp³-hybridized carbons (Fsp3) is 0.400. The van der Waals surface area contributed by atoms with Gasteiger partial charge in [0.15, 0.2) is 9.84 Å². The smallest absolute Gasteiger partial charge is 0.258 e. The van der Waals surface area contributed by atoms with Gasteiger partial charge in [0.05, 0.1) is 9.67 Å². The molecule has 0 saturated carbocycles. The molecule has 0 aromatic heterocycles. The highest BCUT2D eigenvalue weighted by molar-refractivity contribution is 7.92. The zero-order valence-electron chi connectivity index (χ0n) is 9.30. The van der Waals surface area contributed by atoms with E-state index < -0.39 is 19.5 Å². The highest BCUT2D eigenvalue weighted by atomic mass is 32.2. The zero-order chi connectivity index (χ0) is 12.6. The van der Waals surface area contributed by atoms with Gasteiger partial charge in [-0.25, -0.2) is 8.42 Å². The Balaban J connectivity index is 3.52. The fourth-order valence-electron chi connectivity index (χ4n) is 1.17. The number of nitro benzene ring substituents is 1. The SMILES string of the molecule is CC(C)(C)S(=O)(=O)c1ccccc1[N+](=O)[O-]. The highest BCUT2D eigenvalue weighted by Gasteiger charge is 2.35. The lowest BCUT2D eigenvalue weighted by Crippen LogP contribution is -2.28. The van der Waals surface area contributed by atoms with Gasteiger partial charge in [-0.2, -0.15) is 0 Å². The van der Waals surface area contributed by atoms with Crippen molar-refractivity contribution in [3.63, 3.8) is 0 Å². The minimum atomic E-state index is -3.69. The molecule has 0 aliphatic rings. The Hall–Kier alpha value is -1.43. The average molecular weight is 243 g/mol. The van der Waals surface area contributed by atoms with Crippen molar-refractivity contribution in [1.29, 1.82) is 0 Å². The molecule has 88 valence electrons. The van der Waals surface area contributed by atoms with Crippen LogP contribution in [0.25, 0.3) is 0 Å². The van der Waals surface area contributed by atoms with Gasteiger partial charge in [0, 0.05) is 6.07 Å². The third kappa shape index (κ3) is 2.06. The van der Waals surface area contributed by atoms with Crippen LogP contribution in [0.2, 0.25) is 0 Å². The van der Waals surface area contributed by atoms with Gasteiger partial charge in [-0.15, -0.1) is 0 Å². The van der Waals surface area contributed by atoms with E-state index in [4.69, 9.17) is 0 Å². The van der Waals surface area contributed by atoms with Gasteiger partial charge in [-0.05, 0) is 26.8 Å². The first-order chi connectivity index (χ1) is 7.18. The Bertz CT molecular complexity index is 514. The standard InChI is InChI=1S/C10H13NO4S/c1-10(2,3)16(14,15)9-7-5-4-6-8(9)11(12)13/h4-7H,1-3H3. The molecule has 0 unspecified atom stereocenters. The van der Waals surface area contributed by atoms with Crippen molar-refractivity contribution in [1.82, 2.24) is 0 Å². The first-order valence-corrected chi connectivity index (χ1v) is 6.14. The molecule has 0 radical (unpaired) electrons. The Morgan fingerprint density at radius 3 is 2.12 bits per heavy atom. The second kappa shape index (κ2) is 3.86. The van der Waals surface area contributed by atoms with Crippen LogP contribution in [0.3, 0.4) is 0 Å². The van der Waals surface area contributed by atoms with Crippen molar-refractivity contribution in [3.8, 4) is 0 Å². The van der Waals surface area contributed by atoms with E-state index in [1.807, 2.05) is 0 Å². The summed E-state index contributed by atoms with van der Waals surface area (Å²) < 4.78 is 23.1. The number of rotatable bonds is 2. The molecule has 1 rings (SSSR count). The van der Waals surface area contributed by atoms with Crippen LogP contribution in [0.1, 0.15) is 20.8 Å². The molecule has 0 amide bonds. The maximum atomic E-state index is 12.1. The second-order valence-corrected chi connectivity index (χ2v) is 7.01. The summed E-state index contributed by atoms with van der Waals surface area (Å²) in [5, 5.41) is 10.7. The monoisotopic (exact) mass is 243 g/mol. The molecule has 0 heterocycles. The van der Waals surface area contributed by atoms with Gasteiger partial charge in [0.1, 0.15) is 4.90 Å². The molecule has 1 aromatic rings. The van der Waals surface area contributed by atoms with Crippen molar-refractivity contribution in [2.75, 3.05) is 0 Å². The molecule has 5 nitrogen and oxygen atoms in total. The van der Waals surface area contributed by atoms with Gasteiger partial charge >= 0.3 is 0 Å². The second-order valence-electron chi connectivity index (χ2n) is 4.34. The van der Waals surface area contributed by atoms with E-state index in [2.05, 4.69) is 0 Å². The van der Waals surface area contributed by atoms with E-state index in [1.54, 1.807) is 0 Å². The van der Waals surface area contributed by atoms with Crippen LogP contribution >= 0.6 is 0 Å². The third-order valence-electron chi connectivity index (χ3n) is 2.16. The van der Waals surface area contributed by atoms with E-state index in [-0.39, 0.29) is 10.6 Å². The summed E-state index contributed by atoms with van der Waals surface area (Å²) in [6.45, 7) is 4.54. The van der Waals surface area contributed by atoms with Crippen LogP contribution < -0.4 is 0 Å². The van der Waals surface area contributed by atoms with Crippen molar-refractivity contribution < 1.29 is 13.3 Å². The molecule has 0 bridgehead atoms. The van der Waals surface area contributed by atoms with Crippen molar-refractivity contribution in [3.05, 3.63) is 34.4 Å². The molecule has 0 saturated heterocycles. The number of nitro groups is 1. The topological polar surface area (TPSA) is 77.3 Å². The summed E-state index contributed by atoms with van der Waals surface area (Å²) in [5.74, 6) is 0. The summed E-state index contributed by atoms with van der Waals surface area (Å²) in [6.07, 6.45) is 0. The normalized spacial score (nSPS) is 12.4. The van der Waals surface area contributed by atoms with Crippen LogP contribution in [0.4, 0.5) is 5.69 Å². The lowest BCUT2D eigenvalue weighted by Gasteiger charge is -2.18. The van der Waals surface area contributed by atoms with E-state index >= 15 is 0 Å². The van der Waals surface area contributed by atoms with Crippen molar-refractivity contribution in [2.45, 2.75) is 30.4 Å². The maximum absolute atomic E-state index is 12.1. The Morgan fingerprint density at radius 1 is 1.19 bits per heavy atom. The number of para-hydroxylation sites is 1. The average Bonchev–Trinajstić information content (AvgIpc) is 2.16. The van der Waals surface area contributed by atoms with E-state index in [9.17, 15) is 18.5 Å². The number of hydrogen-bond acceptors (Lipinski definition) is 4. The molecule has 16 heavy (non-hydrogen) atoms. The molecule has 0 aliphatic heterocycles. The largest absolute Gasteiger partial charge is 0.287 e. The summed E-state index contributed by atoms with van der Waals surface area (Å²) in [5.41, 5.74) is -0.377. The van der Waals surface area contributed by atoms with E-state index in [0.29, 0.717) is 0 Å². The highest BCUT2D eigenvalue weighted by Crippen LogP contribution is 2.31. The predicted octanol–water partition coefficient (Wildman–Crippen LogP) is 2.17. The summed E-state index contributed by atoms with van der Waals surface area (Å²) >= 11 is 0. The Kier molecular flexibility index (Phi) is 3.05. The van der Waals surface area contributed by atoms with Crippen LogP contribution in [-0.2, 0) is 9.84 Å². The number of hydrogen-bond donors (Lipinski definition) is 0. The zero-order valence-corrected chi connectivity index (χ0v) is 10.1.